The fourth-order valence-corrected chi connectivity index (χ4v) is 2.59. The molecule has 0 aromatic carbocycles. The van der Waals surface area contributed by atoms with E-state index in [1.165, 1.54) is 0 Å². The fourth-order valence-electron chi connectivity index (χ4n) is 2.59. The van der Waals surface area contributed by atoms with Crippen molar-refractivity contribution in [1.82, 2.24) is 10.6 Å². The lowest BCUT2D eigenvalue weighted by Crippen LogP contribution is -2.59. The van der Waals surface area contributed by atoms with Crippen LogP contribution in [0, 0.1) is 5.92 Å². The van der Waals surface area contributed by atoms with Crippen LogP contribution in [0.4, 0.5) is 0 Å². The third-order valence-electron chi connectivity index (χ3n) is 3.77. The Hall–Kier alpha value is -1.10. The first-order chi connectivity index (χ1) is 8.89. The van der Waals surface area contributed by atoms with Crippen molar-refractivity contribution in [2.24, 2.45) is 11.7 Å². The Balaban J connectivity index is 2.66. The SMILES string of the molecule is CNC(=O)C(CC(C)C)NC(=O)C1(N)CCCCC1. The van der Waals surface area contributed by atoms with Gasteiger partial charge in [-0.25, -0.2) is 0 Å². The molecule has 0 bridgehead atoms. The largest absolute Gasteiger partial charge is 0.357 e. The van der Waals surface area contributed by atoms with Crippen LogP contribution in [0.25, 0.3) is 0 Å². The summed E-state index contributed by atoms with van der Waals surface area (Å²) >= 11 is 0. The molecule has 0 spiro atoms. The van der Waals surface area contributed by atoms with E-state index >= 15 is 0 Å². The smallest absolute Gasteiger partial charge is 0.242 e. The van der Waals surface area contributed by atoms with E-state index in [2.05, 4.69) is 10.6 Å². The lowest BCUT2D eigenvalue weighted by atomic mass is 9.81. The van der Waals surface area contributed by atoms with Crippen molar-refractivity contribution in [2.75, 3.05) is 7.05 Å². The molecule has 0 heterocycles. The van der Waals surface area contributed by atoms with Crippen LogP contribution in [0.5, 0.6) is 0 Å². The highest BCUT2D eigenvalue weighted by atomic mass is 16.2. The van der Waals surface area contributed by atoms with Crippen molar-refractivity contribution >= 4 is 11.8 Å². The van der Waals surface area contributed by atoms with Gasteiger partial charge in [0.1, 0.15) is 6.04 Å². The first-order valence-corrected chi connectivity index (χ1v) is 7.20. The molecule has 1 unspecified atom stereocenters. The molecule has 2 amide bonds. The van der Waals surface area contributed by atoms with E-state index < -0.39 is 11.6 Å². The van der Waals surface area contributed by atoms with E-state index in [-0.39, 0.29) is 11.8 Å². The predicted molar refractivity (Wildman–Crippen MR) is 75.5 cm³/mol. The van der Waals surface area contributed by atoms with Crippen LogP contribution in [-0.2, 0) is 9.59 Å². The molecule has 1 atom stereocenters. The molecule has 110 valence electrons. The van der Waals surface area contributed by atoms with Crippen LogP contribution >= 0.6 is 0 Å². The van der Waals surface area contributed by atoms with Crippen LogP contribution in [0.3, 0.4) is 0 Å². The lowest BCUT2D eigenvalue weighted by molar-refractivity contribution is -0.132. The van der Waals surface area contributed by atoms with E-state index in [1.807, 2.05) is 13.8 Å². The molecule has 5 nitrogen and oxygen atoms in total. The molecule has 1 saturated carbocycles. The first kappa shape index (κ1) is 16.0. The number of rotatable bonds is 5. The highest BCUT2D eigenvalue weighted by molar-refractivity contribution is 5.91. The summed E-state index contributed by atoms with van der Waals surface area (Å²) in [4.78, 5) is 24.1. The molecule has 1 aliphatic carbocycles. The number of hydrogen-bond donors (Lipinski definition) is 3. The molecule has 0 saturated heterocycles. The molecular formula is C14H27N3O2. The van der Waals surface area contributed by atoms with Gasteiger partial charge in [0.05, 0.1) is 5.54 Å². The third-order valence-corrected chi connectivity index (χ3v) is 3.77. The number of hydrogen-bond acceptors (Lipinski definition) is 3. The maximum absolute atomic E-state index is 12.3. The molecule has 19 heavy (non-hydrogen) atoms. The standard InChI is InChI=1S/C14H27N3O2/c1-10(2)9-11(12(18)16-3)17-13(19)14(15)7-5-4-6-8-14/h10-11H,4-9,15H2,1-3H3,(H,16,18)(H,17,19). The summed E-state index contributed by atoms with van der Waals surface area (Å²) in [5.41, 5.74) is 5.39. The number of carbonyl (C=O) groups is 2. The van der Waals surface area contributed by atoms with E-state index in [0.717, 1.165) is 19.3 Å². The minimum atomic E-state index is -0.790. The van der Waals surface area contributed by atoms with Gasteiger partial charge < -0.3 is 16.4 Å². The minimum Gasteiger partial charge on any atom is -0.357 e. The average Bonchev–Trinajstić information content (AvgIpc) is 2.37. The van der Waals surface area contributed by atoms with Crippen molar-refractivity contribution in [3.05, 3.63) is 0 Å². The highest BCUT2D eigenvalue weighted by Gasteiger charge is 2.37. The second kappa shape index (κ2) is 6.89. The quantitative estimate of drug-likeness (QED) is 0.694. The topological polar surface area (TPSA) is 84.2 Å². The number of carbonyl (C=O) groups excluding carboxylic acids is 2. The van der Waals surface area contributed by atoms with Gasteiger partial charge in [-0.3, -0.25) is 9.59 Å². The summed E-state index contributed by atoms with van der Waals surface area (Å²) in [5, 5.41) is 5.43. The minimum absolute atomic E-state index is 0.151. The second-order valence-corrected chi connectivity index (χ2v) is 5.99. The van der Waals surface area contributed by atoms with Crippen LogP contribution in [0.2, 0.25) is 0 Å². The van der Waals surface area contributed by atoms with Gasteiger partial charge in [-0.2, -0.15) is 0 Å². The van der Waals surface area contributed by atoms with Gasteiger partial charge in [0.2, 0.25) is 11.8 Å². The summed E-state index contributed by atoms with van der Waals surface area (Å²) in [7, 11) is 1.58. The first-order valence-electron chi connectivity index (χ1n) is 7.20. The second-order valence-electron chi connectivity index (χ2n) is 5.99. The number of likely N-dealkylation sites (N-methyl/N-ethyl adjacent to an activating group) is 1. The van der Waals surface area contributed by atoms with Crippen molar-refractivity contribution in [1.29, 1.82) is 0 Å². The molecule has 1 aliphatic rings. The monoisotopic (exact) mass is 269 g/mol. The van der Waals surface area contributed by atoms with Gasteiger partial charge in [0.15, 0.2) is 0 Å². The number of nitrogens with two attached hydrogens (primary N) is 1. The third kappa shape index (κ3) is 4.49. The molecule has 5 heteroatoms. The van der Waals surface area contributed by atoms with E-state index in [1.54, 1.807) is 7.05 Å². The van der Waals surface area contributed by atoms with Crippen molar-refractivity contribution in [3.8, 4) is 0 Å². The number of nitrogens with one attached hydrogen (secondary N) is 2. The van der Waals surface area contributed by atoms with Crippen LogP contribution < -0.4 is 16.4 Å². The van der Waals surface area contributed by atoms with Crippen LogP contribution in [0.1, 0.15) is 52.4 Å². The predicted octanol–water partition coefficient (Wildman–Crippen LogP) is 0.925. The van der Waals surface area contributed by atoms with Gasteiger partial charge in [0, 0.05) is 7.05 Å². The highest BCUT2D eigenvalue weighted by Crippen LogP contribution is 2.26. The van der Waals surface area contributed by atoms with Crippen molar-refractivity contribution in [3.63, 3.8) is 0 Å². The van der Waals surface area contributed by atoms with Crippen molar-refractivity contribution < 1.29 is 9.59 Å². The maximum atomic E-state index is 12.3. The number of amides is 2. The molecule has 0 aromatic rings. The molecule has 4 N–H and O–H groups in total. The maximum Gasteiger partial charge on any atom is 0.242 e. The zero-order valence-electron chi connectivity index (χ0n) is 12.3. The Morgan fingerprint density at radius 3 is 2.26 bits per heavy atom. The Bertz CT molecular complexity index is 323. The van der Waals surface area contributed by atoms with Crippen LogP contribution in [-0.4, -0.2) is 30.4 Å². The van der Waals surface area contributed by atoms with E-state index in [9.17, 15) is 9.59 Å². The van der Waals surface area contributed by atoms with Crippen molar-refractivity contribution in [2.45, 2.75) is 64.0 Å². The van der Waals surface area contributed by atoms with Gasteiger partial charge in [-0.15, -0.1) is 0 Å². The zero-order valence-corrected chi connectivity index (χ0v) is 12.3. The summed E-state index contributed by atoms with van der Waals surface area (Å²) < 4.78 is 0. The van der Waals surface area contributed by atoms with Gasteiger partial charge >= 0.3 is 0 Å². The van der Waals surface area contributed by atoms with E-state index in [4.69, 9.17) is 5.73 Å². The Morgan fingerprint density at radius 1 is 1.21 bits per heavy atom. The molecule has 0 aliphatic heterocycles. The normalized spacial score (nSPS) is 19.8. The van der Waals surface area contributed by atoms with Crippen LogP contribution in [0.15, 0.2) is 0 Å². The summed E-state index contributed by atoms with van der Waals surface area (Å²) in [6.45, 7) is 4.06. The molecule has 1 fully saturated rings. The van der Waals surface area contributed by atoms with E-state index in [0.29, 0.717) is 25.2 Å². The average molecular weight is 269 g/mol. The Kier molecular flexibility index (Phi) is 5.79. The fraction of sp³-hybridized carbons (Fsp3) is 0.857. The van der Waals surface area contributed by atoms with Gasteiger partial charge in [-0.05, 0) is 25.2 Å². The molecular weight excluding hydrogens is 242 g/mol. The molecule has 0 radical (unpaired) electrons. The Morgan fingerprint density at radius 2 is 1.79 bits per heavy atom. The van der Waals surface area contributed by atoms with Gasteiger partial charge in [-0.1, -0.05) is 33.1 Å². The Labute approximate surface area is 115 Å². The summed E-state index contributed by atoms with van der Waals surface area (Å²) in [6.07, 6.45) is 5.15. The molecule has 0 aromatic heterocycles. The summed E-state index contributed by atoms with van der Waals surface area (Å²) in [5.74, 6) is 0.00518. The molecule has 1 rings (SSSR count). The van der Waals surface area contributed by atoms with Gasteiger partial charge in [0.25, 0.3) is 0 Å². The zero-order chi connectivity index (χ0) is 14.5. The lowest BCUT2D eigenvalue weighted by Gasteiger charge is -2.33. The summed E-state index contributed by atoms with van der Waals surface area (Å²) in [6, 6.07) is -0.486.